The highest BCUT2D eigenvalue weighted by Crippen LogP contribution is 2.31. The van der Waals surface area contributed by atoms with Crippen LogP contribution in [0.2, 0.25) is 0 Å². The first-order valence-electron chi connectivity index (χ1n) is 5.28. The van der Waals surface area contributed by atoms with Gasteiger partial charge in [-0.1, -0.05) is 36.4 Å². The maximum absolute atomic E-state index is 8.56. The molecule has 0 aliphatic heterocycles. The standard InChI is InChI=1S/C14H10O2S/c15-16-17-14-7-3-6-12-8-10-4-1-2-5-11(10)9-13(12)14/h1-9,15H. The molecule has 3 aromatic carbocycles. The molecule has 3 rings (SSSR count). The van der Waals surface area contributed by atoms with Crippen molar-refractivity contribution in [3.63, 3.8) is 0 Å². The minimum Gasteiger partial charge on any atom is -0.239 e. The summed E-state index contributed by atoms with van der Waals surface area (Å²) in [6.07, 6.45) is 0. The Labute approximate surface area is 103 Å². The molecule has 0 saturated heterocycles. The Morgan fingerprint density at radius 3 is 2.29 bits per heavy atom. The molecule has 0 radical (unpaired) electrons. The highest BCUT2D eigenvalue weighted by Gasteiger charge is 2.03. The molecule has 0 fully saturated rings. The topological polar surface area (TPSA) is 29.5 Å². The molecule has 0 aromatic heterocycles. The summed E-state index contributed by atoms with van der Waals surface area (Å²) in [5.41, 5.74) is 0. The van der Waals surface area contributed by atoms with Gasteiger partial charge >= 0.3 is 0 Å². The van der Waals surface area contributed by atoms with E-state index in [0.29, 0.717) is 0 Å². The predicted molar refractivity (Wildman–Crippen MR) is 71.0 cm³/mol. The summed E-state index contributed by atoms with van der Waals surface area (Å²) in [4.78, 5) is 0.913. The molecule has 0 unspecified atom stereocenters. The van der Waals surface area contributed by atoms with E-state index in [1.807, 2.05) is 24.3 Å². The second-order valence-electron chi connectivity index (χ2n) is 3.83. The zero-order valence-corrected chi connectivity index (χ0v) is 9.78. The van der Waals surface area contributed by atoms with Gasteiger partial charge in [0, 0.05) is 4.90 Å². The fourth-order valence-electron chi connectivity index (χ4n) is 2.05. The predicted octanol–water partition coefficient (Wildman–Crippen LogP) is 4.49. The molecular formula is C14H10O2S. The average molecular weight is 242 g/mol. The van der Waals surface area contributed by atoms with E-state index in [0.717, 1.165) is 27.7 Å². The number of benzene rings is 3. The van der Waals surface area contributed by atoms with Crippen molar-refractivity contribution in [2.45, 2.75) is 4.90 Å². The second-order valence-corrected chi connectivity index (χ2v) is 4.59. The summed E-state index contributed by atoms with van der Waals surface area (Å²) >= 11 is 0.969. The average Bonchev–Trinajstić information content (AvgIpc) is 2.37. The number of hydrogen-bond donors (Lipinski definition) is 1. The maximum Gasteiger partial charge on any atom is 0.0686 e. The van der Waals surface area contributed by atoms with Crippen LogP contribution in [-0.4, -0.2) is 5.26 Å². The van der Waals surface area contributed by atoms with Crippen LogP contribution >= 0.6 is 12.0 Å². The molecule has 0 saturated carbocycles. The van der Waals surface area contributed by atoms with Crippen LogP contribution in [0.25, 0.3) is 21.5 Å². The van der Waals surface area contributed by atoms with Crippen LogP contribution in [0.5, 0.6) is 0 Å². The molecule has 0 aliphatic rings. The Hall–Kier alpha value is -1.55. The Morgan fingerprint density at radius 2 is 1.53 bits per heavy atom. The quantitative estimate of drug-likeness (QED) is 0.311. The third kappa shape index (κ3) is 1.89. The molecule has 0 bridgehead atoms. The smallest absolute Gasteiger partial charge is 0.0686 e. The van der Waals surface area contributed by atoms with Crippen LogP contribution in [0.4, 0.5) is 0 Å². The van der Waals surface area contributed by atoms with Crippen molar-refractivity contribution in [1.82, 2.24) is 0 Å². The van der Waals surface area contributed by atoms with Gasteiger partial charge < -0.3 is 0 Å². The molecular weight excluding hydrogens is 232 g/mol. The maximum atomic E-state index is 8.56. The van der Waals surface area contributed by atoms with Crippen molar-refractivity contribution in [2.75, 3.05) is 0 Å². The third-order valence-electron chi connectivity index (χ3n) is 2.83. The molecule has 0 atom stereocenters. The van der Waals surface area contributed by atoms with Gasteiger partial charge in [0.05, 0.1) is 12.0 Å². The molecule has 1 N–H and O–H groups in total. The first kappa shape index (κ1) is 10.6. The Bertz CT molecular complexity index is 679. The van der Waals surface area contributed by atoms with Crippen molar-refractivity contribution < 1.29 is 9.59 Å². The van der Waals surface area contributed by atoms with Crippen molar-refractivity contribution in [3.05, 3.63) is 54.6 Å². The molecule has 0 spiro atoms. The van der Waals surface area contributed by atoms with Crippen LogP contribution in [0, 0.1) is 0 Å². The fraction of sp³-hybridized carbons (Fsp3) is 0. The third-order valence-corrected chi connectivity index (χ3v) is 3.44. The van der Waals surface area contributed by atoms with E-state index in [-0.39, 0.29) is 0 Å². The van der Waals surface area contributed by atoms with Crippen LogP contribution in [0.3, 0.4) is 0 Å². The van der Waals surface area contributed by atoms with Crippen molar-refractivity contribution in [2.24, 2.45) is 0 Å². The van der Waals surface area contributed by atoms with Crippen LogP contribution in [-0.2, 0) is 4.33 Å². The Morgan fingerprint density at radius 1 is 0.824 bits per heavy atom. The lowest BCUT2D eigenvalue weighted by Gasteiger charge is -2.05. The first-order valence-corrected chi connectivity index (χ1v) is 6.02. The van der Waals surface area contributed by atoms with E-state index in [4.69, 9.17) is 5.26 Å². The fourth-order valence-corrected chi connectivity index (χ4v) is 2.53. The number of hydrogen-bond acceptors (Lipinski definition) is 3. The van der Waals surface area contributed by atoms with Crippen molar-refractivity contribution in [1.29, 1.82) is 0 Å². The molecule has 0 amide bonds. The summed E-state index contributed by atoms with van der Waals surface area (Å²) in [5, 5.41) is 13.2. The molecule has 0 aliphatic carbocycles. The van der Waals surface area contributed by atoms with Crippen LogP contribution in [0.1, 0.15) is 0 Å². The van der Waals surface area contributed by atoms with Gasteiger partial charge in [0.2, 0.25) is 0 Å². The summed E-state index contributed by atoms with van der Waals surface area (Å²) in [6, 6.07) is 18.4. The van der Waals surface area contributed by atoms with Gasteiger partial charge in [-0.15, -0.1) is 0 Å². The zero-order valence-electron chi connectivity index (χ0n) is 8.96. The minimum atomic E-state index is 0.913. The molecule has 17 heavy (non-hydrogen) atoms. The van der Waals surface area contributed by atoms with Gasteiger partial charge in [-0.3, -0.25) is 0 Å². The Kier molecular flexibility index (Phi) is 2.73. The molecule has 2 nitrogen and oxygen atoms in total. The van der Waals surface area contributed by atoms with Crippen LogP contribution < -0.4 is 0 Å². The molecule has 3 aromatic rings. The normalized spacial score (nSPS) is 11.1. The van der Waals surface area contributed by atoms with Gasteiger partial charge in [0.25, 0.3) is 0 Å². The van der Waals surface area contributed by atoms with E-state index in [9.17, 15) is 0 Å². The largest absolute Gasteiger partial charge is 0.239 e. The summed E-state index contributed by atoms with van der Waals surface area (Å²) in [6.45, 7) is 0. The van der Waals surface area contributed by atoms with E-state index >= 15 is 0 Å². The van der Waals surface area contributed by atoms with Gasteiger partial charge in [-0.2, -0.15) is 4.33 Å². The SMILES string of the molecule is OOSc1cccc2cc3ccccc3cc12. The lowest BCUT2D eigenvalue weighted by Crippen LogP contribution is -1.80. The molecule has 84 valence electrons. The van der Waals surface area contributed by atoms with Crippen molar-refractivity contribution >= 4 is 33.6 Å². The van der Waals surface area contributed by atoms with E-state index in [1.165, 1.54) is 10.8 Å². The lowest BCUT2D eigenvalue weighted by molar-refractivity contribution is -0.116. The monoisotopic (exact) mass is 242 g/mol. The summed E-state index contributed by atoms with van der Waals surface area (Å²) < 4.78 is 4.16. The lowest BCUT2D eigenvalue weighted by atomic mass is 10.0. The van der Waals surface area contributed by atoms with Gasteiger partial charge in [-0.05, 0) is 39.7 Å². The number of rotatable bonds is 2. The van der Waals surface area contributed by atoms with Gasteiger partial charge in [0.15, 0.2) is 0 Å². The van der Waals surface area contributed by atoms with E-state index in [1.54, 1.807) is 0 Å². The van der Waals surface area contributed by atoms with Crippen molar-refractivity contribution in [3.8, 4) is 0 Å². The Balaban J connectivity index is 2.35. The first-order chi connectivity index (χ1) is 8.38. The summed E-state index contributed by atoms with van der Waals surface area (Å²) in [7, 11) is 0. The highest BCUT2D eigenvalue weighted by atomic mass is 32.2. The molecule has 0 heterocycles. The van der Waals surface area contributed by atoms with Gasteiger partial charge in [-0.25, -0.2) is 5.26 Å². The summed E-state index contributed by atoms with van der Waals surface area (Å²) in [5.74, 6) is 0. The molecule has 3 heteroatoms. The highest BCUT2D eigenvalue weighted by molar-refractivity contribution is 7.94. The van der Waals surface area contributed by atoms with Gasteiger partial charge in [0.1, 0.15) is 0 Å². The van der Waals surface area contributed by atoms with E-state index < -0.39 is 0 Å². The minimum absolute atomic E-state index is 0.913. The second kappa shape index (κ2) is 4.37. The zero-order chi connectivity index (χ0) is 11.7. The van der Waals surface area contributed by atoms with Crippen LogP contribution in [0.15, 0.2) is 59.5 Å². The number of fused-ring (bicyclic) bond motifs is 2. The van der Waals surface area contributed by atoms with E-state index in [2.05, 4.69) is 34.7 Å².